The molecule has 2 aromatic heterocycles. The van der Waals surface area contributed by atoms with Crippen LogP contribution in [-0.2, 0) is 4.79 Å². The number of nitrogens with zero attached hydrogens (tertiary/aromatic N) is 4. The standard InChI is InChI=1S/C16H18N4O2/c1-11-18-14(13-3-2-6-17-10-13)9-15(19-11)20-7-4-12(5-8-20)16(21)22/h2-3,6,9-10,12H,4-5,7-8H2,1H3,(H,21,22). The lowest BCUT2D eigenvalue weighted by Crippen LogP contribution is -2.36. The Balaban J connectivity index is 1.83. The summed E-state index contributed by atoms with van der Waals surface area (Å²) in [7, 11) is 0. The van der Waals surface area contributed by atoms with Crippen LogP contribution in [0.4, 0.5) is 5.82 Å². The van der Waals surface area contributed by atoms with Crippen LogP contribution in [0, 0.1) is 12.8 Å². The first-order valence-electron chi connectivity index (χ1n) is 7.37. The molecule has 1 N–H and O–H groups in total. The summed E-state index contributed by atoms with van der Waals surface area (Å²) in [6.45, 7) is 3.28. The monoisotopic (exact) mass is 298 g/mol. The first kappa shape index (κ1) is 14.4. The molecule has 0 unspecified atom stereocenters. The van der Waals surface area contributed by atoms with Crippen LogP contribution >= 0.6 is 0 Å². The van der Waals surface area contributed by atoms with E-state index in [1.54, 1.807) is 12.4 Å². The van der Waals surface area contributed by atoms with Gasteiger partial charge in [-0.25, -0.2) is 9.97 Å². The van der Waals surface area contributed by atoms with Gasteiger partial charge in [-0.3, -0.25) is 9.78 Å². The van der Waals surface area contributed by atoms with E-state index in [2.05, 4.69) is 19.9 Å². The minimum absolute atomic E-state index is 0.239. The van der Waals surface area contributed by atoms with Gasteiger partial charge in [0, 0.05) is 37.1 Å². The predicted octanol–water partition coefficient (Wildman–Crippen LogP) is 2.15. The lowest BCUT2D eigenvalue weighted by atomic mass is 9.97. The number of piperidine rings is 1. The van der Waals surface area contributed by atoms with Gasteiger partial charge in [0.1, 0.15) is 11.6 Å². The van der Waals surface area contributed by atoms with Crippen molar-refractivity contribution < 1.29 is 9.90 Å². The lowest BCUT2D eigenvalue weighted by Gasteiger charge is -2.31. The summed E-state index contributed by atoms with van der Waals surface area (Å²) < 4.78 is 0. The van der Waals surface area contributed by atoms with Gasteiger partial charge in [0.05, 0.1) is 11.6 Å². The van der Waals surface area contributed by atoms with E-state index in [1.165, 1.54) is 0 Å². The maximum atomic E-state index is 11.0. The Morgan fingerprint density at radius 1 is 1.32 bits per heavy atom. The van der Waals surface area contributed by atoms with Crippen molar-refractivity contribution >= 4 is 11.8 Å². The third-order valence-corrected chi connectivity index (χ3v) is 3.95. The highest BCUT2D eigenvalue weighted by atomic mass is 16.4. The topological polar surface area (TPSA) is 79.2 Å². The Bertz CT molecular complexity index is 667. The van der Waals surface area contributed by atoms with Crippen molar-refractivity contribution in [2.75, 3.05) is 18.0 Å². The molecule has 0 aliphatic carbocycles. The molecule has 0 atom stereocenters. The molecule has 0 saturated carbocycles. The fourth-order valence-corrected chi connectivity index (χ4v) is 2.73. The molecule has 3 heterocycles. The van der Waals surface area contributed by atoms with Crippen molar-refractivity contribution in [1.82, 2.24) is 15.0 Å². The highest BCUT2D eigenvalue weighted by molar-refractivity contribution is 5.70. The molecule has 0 radical (unpaired) electrons. The van der Waals surface area contributed by atoms with E-state index < -0.39 is 5.97 Å². The second-order valence-corrected chi connectivity index (χ2v) is 5.50. The van der Waals surface area contributed by atoms with Crippen molar-refractivity contribution in [3.63, 3.8) is 0 Å². The van der Waals surface area contributed by atoms with Gasteiger partial charge in [0.2, 0.25) is 0 Å². The van der Waals surface area contributed by atoms with Crippen LogP contribution in [-0.4, -0.2) is 39.1 Å². The second-order valence-electron chi connectivity index (χ2n) is 5.50. The minimum atomic E-state index is -0.699. The van der Waals surface area contributed by atoms with Crippen LogP contribution in [0.1, 0.15) is 18.7 Å². The maximum absolute atomic E-state index is 11.0. The molecule has 0 bridgehead atoms. The molecule has 22 heavy (non-hydrogen) atoms. The second kappa shape index (κ2) is 6.09. The van der Waals surface area contributed by atoms with Gasteiger partial charge >= 0.3 is 5.97 Å². The number of aliphatic carboxylic acids is 1. The Hall–Kier alpha value is -2.50. The zero-order valence-corrected chi connectivity index (χ0v) is 12.4. The van der Waals surface area contributed by atoms with Crippen molar-refractivity contribution in [3.05, 3.63) is 36.4 Å². The van der Waals surface area contributed by atoms with Crippen molar-refractivity contribution in [2.24, 2.45) is 5.92 Å². The Kier molecular flexibility index (Phi) is 4.00. The number of anilines is 1. The van der Waals surface area contributed by atoms with Crippen LogP contribution < -0.4 is 4.90 Å². The van der Waals surface area contributed by atoms with E-state index >= 15 is 0 Å². The van der Waals surface area contributed by atoms with Crippen LogP contribution in [0.5, 0.6) is 0 Å². The van der Waals surface area contributed by atoms with Crippen LogP contribution in [0.25, 0.3) is 11.3 Å². The molecule has 1 aliphatic heterocycles. The van der Waals surface area contributed by atoms with Crippen molar-refractivity contribution in [2.45, 2.75) is 19.8 Å². The normalized spacial score (nSPS) is 15.8. The molecule has 0 aromatic carbocycles. The van der Waals surface area contributed by atoms with Crippen molar-refractivity contribution in [1.29, 1.82) is 0 Å². The number of aromatic nitrogens is 3. The molecule has 114 valence electrons. The zero-order chi connectivity index (χ0) is 15.5. The molecule has 6 nitrogen and oxygen atoms in total. The molecule has 0 amide bonds. The van der Waals surface area contributed by atoms with Gasteiger partial charge in [0.15, 0.2) is 0 Å². The van der Waals surface area contributed by atoms with E-state index in [1.807, 2.05) is 25.1 Å². The molecule has 6 heteroatoms. The van der Waals surface area contributed by atoms with Gasteiger partial charge in [-0.1, -0.05) is 0 Å². The van der Waals surface area contributed by atoms with Gasteiger partial charge in [0.25, 0.3) is 0 Å². The fourth-order valence-electron chi connectivity index (χ4n) is 2.73. The van der Waals surface area contributed by atoms with Gasteiger partial charge in [-0.2, -0.15) is 0 Å². The number of carboxylic acid groups (broad SMARTS) is 1. The summed E-state index contributed by atoms with van der Waals surface area (Å²) in [6, 6.07) is 5.80. The average molecular weight is 298 g/mol. The third-order valence-electron chi connectivity index (χ3n) is 3.95. The quantitative estimate of drug-likeness (QED) is 0.935. The van der Waals surface area contributed by atoms with E-state index in [0.717, 1.165) is 17.1 Å². The number of rotatable bonds is 3. The van der Waals surface area contributed by atoms with Crippen LogP contribution in [0.3, 0.4) is 0 Å². The Morgan fingerprint density at radius 3 is 2.73 bits per heavy atom. The number of carboxylic acids is 1. The summed E-state index contributed by atoms with van der Waals surface area (Å²) in [5.41, 5.74) is 1.80. The van der Waals surface area contributed by atoms with E-state index in [0.29, 0.717) is 31.8 Å². The molecular formula is C16H18N4O2. The smallest absolute Gasteiger partial charge is 0.306 e. The molecule has 0 spiro atoms. The number of hydrogen-bond donors (Lipinski definition) is 1. The molecule has 3 rings (SSSR count). The van der Waals surface area contributed by atoms with Crippen LogP contribution in [0.2, 0.25) is 0 Å². The van der Waals surface area contributed by atoms with E-state index in [4.69, 9.17) is 5.11 Å². The predicted molar refractivity (Wildman–Crippen MR) is 82.6 cm³/mol. The molecule has 1 fully saturated rings. The largest absolute Gasteiger partial charge is 0.481 e. The third kappa shape index (κ3) is 3.05. The molecule has 2 aromatic rings. The van der Waals surface area contributed by atoms with Gasteiger partial charge < -0.3 is 10.0 Å². The number of aryl methyl sites for hydroxylation is 1. The summed E-state index contributed by atoms with van der Waals surface area (Å²) in [6.07, 6.45) is 4.82. The first-order chi connectivity index (χ1) is 10.6. The van der Waals surface area contributed by atoms with Gasteiger partial charge in [-0.05, 0) is 31.9 Å². The molecule has 1 saturated heterocycles. The van der Waals surface area contributed by atoms with Gasteiger partial charge in [-0.15, -0.1) is 0 Å². The lowest BCUT2D eigenvalue weighted by molar-refractivity contribution is -0.142. The number of carbonyl (C=O) groups is 1. The van der Waals surface area contributed by atoms with E-state index in [-0.39, 0.29) is 5.92 Å². The SMILES string of the molecule is Cc1nc(-c2cccnc2)cc(N2CCC(C(=O)O)CC2)n1. The summed E-state index contributed by atoms with van der Waals surface area (Å²) >= 11 is 0. The van der Waals surface area contributed by atoms with Crippen LogP contribution in [0.15, 0.2) is 30.6 Å². The molecule has 1 aliphatic rings. The molecular weight excluding hydrogens is 280 g/mol. The highest BCUT2D eigenvalue weighted by Crippen LogP contribution is 2.25. The van der Waals surface area contributed by atoms with Crippen molar-refractivity contribution in [3.8, 4) is 11.3 Å². The highest BCUT2D eigenvalue weighted by Gasteiger charge is 2.25. The maximum Gasteiger partial charge on any atom is 0.306 e. The first-order valence-corrected chi connectivity index (χ1v) is 7.37. The Morgan fingerprint density at radius 2 is 2.09 bits per heavy atom. The summed E-state index contributed by atoms with van der Waals surface area (Å²) in [5, 5.41) is 9.08. The minimum Gasteiger partial charge on any atom is -0.481 e. The summed E-state index contributed by atoms with van der Waals surface area (Å²) in [5.74, 6) is 0.624. The average Bonchev–Trinajstić information content (AvgIpc) is 2.55. The summed E-state index contributed by atoms with van der Waals surface area (Å²) in [4.78, 5) is 26.3. The number of pyridine rings is 1. The fraction of sp³-hybridized carbons (Fsp3) is 0.375. The van der Waals surface area contributed by atoms with E-state index in [9.17, 15) is 4.79 Å². The zero-order valence-electron chi connectivity index (χ0n) is 12.4. The Labute approximate surface area is 128 Å². The number of hydrogen-bond acceptors (Lipinski definition) is 5.